The molecule has 1 N–H and O–H groups in total. The lowest BCUT2D eigenvalue weighted by atomic mass is 9.74. The van der Waals surface area contributed by atoms with Gasteiger partial charge >= 0.3 is 0 Å². The highest BCUT2D eigenvalue weighted by Crippen LogP contribution is 2.43. The molecule has 3 nitrogen and oxygen atoms in total. The summed E-state index contributed by atoms with van der Waals surface area (Å²) in [6.45, 7) is 3.10. The van der Waals surface area contributed by atoms with E-state index in [1.807, 2.05) is 11.4 Å². The average Bonchev–Trinajstić information content (AvgIpc) is 3.25. The molecule has 0 radical (unpaired) electrons. The topological polar surface area (TPSA) is 32.3 Å². The van der Waals surface area contributed by atoms with Crippen molar-refractivity contribution in [3.63, 3.8) is 0 Å². The third kappa shape index (κ3) is 3.04. The molecule has 0 atom stereocenters. The van der Waals surface area contributed by atoms with Crippen molar-refractivity contribution < 1.29 is 4.79 Å². The van der Waals surface area contributed by atoms with Crippen molar-refractivity contribution in [2.75, 3.05) is 19.6 Å². The molecule has 24 heavy (non-hydrogen) atoms. The number of carbonyl (C=O) groups excluding carboxylic acids is 1. The Hall–Kier alpha value is -1.91. The van der Waals surface area contributed by atoms with Gasteiger partial charge < -0.3 is 5.32 Å². The van der Waals surface area contributed by atoms with Crippen molar-refractivity contribution in [3.8, 4) is 0 Å². The number of benzene rings is 1. The molecule has 1 spiro atoms. The van der Waals surface area contributed by atoms with Gasteiger partial charge in [-0.1, -0.05) is 42.5 Å². The Morgan fingerprint density at radius 1 is 1.17 bits per heavy atom. The van der Waals surface area contributed by atoms with Crippen molar-refractivity contribution in [3.05, 3.63) is 63.9 Å². The Balaban J connectivity index is 1.31. The smallest absolute Gasteiger partial charge is 0.234 e. The van der Waals surface area contributed by atoms with E-state index in [4.69, 9.17) is 0 Å². The van der Waals surface area contributed by atoms with Crippen LogP contribution in [0.1, 0.15) is 28.8 Å². The Labute approximate surface area is 147 Å². The number of fused-ring (bicyclic) bond motifs is 2. The highest BCUT2D eigenvalue weighted by Gasteiger charge is 2.37. The SMILES string of the molecule is O=C(CN1CCC2(C=Cc3ccccc32)CC1)NCc1cccs1. The van der Waals surface area contributed by atoms with E-state index in [9.17, 15) is 4.79 Å². The van der Waals surface area contributed by atoms with Crippen molar-refractivity contribution in [2.45, 2.75) is 24.8 Å². The van der Waals surface area contributed by atoms with E-state index in [2.05, 4.69) is 52.7 Å². The zero-order valence-electron chi connectivity index (χ0n) is 13.7. The maximum absolute atomic E-state index is 12.2. The molecule has 0 saturated carbocycles. The molecule has 1 aliphatic heterocycles. The van der Waals surface area contributed by atoms with Gasteiger partial charge in [-0.2, -0.15) is 0 Å². The summed E-state index contributed by atoms with van der Waals surface area (Å²) in [6.07, 6.45) is 6.84. The first-order chi connectivity index (χ1) is 11.8. The number of carbonyl (C=O) groups is 1. The number of hydrogen-bond donors (Lipinski definition) is 1. The molecule has 0 unspecified atom stereocenters. The van der Waals surface area contributed by atoms with Gasteiger partial charge in [0.25, 0.3) is 0 Å². The van der Waals surface area contributed by atoms with Crippen molar-refractivity contribution in [2.24, 2.45) is 0 Å². The number of rotatable bonds is 4. The lowest BCUT2D eigenvalue weighted by Gasteiger charge is -2.39. The highest BCUT2D eigenvalue weighted by atomic mass is 32.1. The molecule has 2 aliphatic rings. The third-order valence-corrected chi connectivity index (χ3v) is 6.11. The maximum atomic E-state index is 12.2. The zero-order valence-corrected chi connectivity index (χ0v) is 14.5. The van der Waals surface area contributed by atoms with Crippen molar-refractivity contribution >= 4 is 23.3 Å². The molecule has 124 valence electrons. The molecule has 1 fully saturated rings. The van der Waals surface area contributed by atoms with Gasteiger partial charge in [0.15, 0.2) is 0 Å². The summed E-state index contributed by atoms with van der Waals surface area (Å²) in [7, 11) is 0. The molecule has 1 amide bonds. The average molecular weight is 338 g/mol. The second-order valence-corrected chi connectivity index (χ2v) is 7.74. The molecular weight excluding hydrogens is 316 g/mol. The third-order valence-electron chi connectivity index (χ3n) is 5.23. The van der Waals surface area contributed by atoms with Crippen LogP contribution in [0.3, 0.4) is 0 Å². The van der Waals surface area contributed by atoms with Crippen LogP contribution >= 0.6 is 11.3 Å². The van der Waals surface area contributed by atoms with Crippen LogP contribution < -0.4 is 5.32 Å². The Kier molecular flexibility index (Phi) is 4.25. The maximum Gasteiger partial charge on any atom is 0.234 e. The van der Waals surface area contributed by atoms with E-state index in [1.54, 1.807) is 11.3 Å². The second kappa shape index (κ2) is 6.54. The summed E-state index contributed by atoms with van der Waals surface area (Å²) in [4.78, 5) is 15.6. The summed E-state index contributed by atoms with van der Waals surface area (Å²) < 4.78 is 0. The summed E-state index contributed by atoms with van der Waals surface area (Å²) in [5.41, 5.74) is 3.02. The fourth-order valence-electron chi connectivity index (χ4n) is 3.84. The molecule has 1 saturated heterocycles. The van der Waals surface area contributed by atoms with E-state index in [1.165, 1.54) is 16.0 Å². The van der Waals surface area contributed by atoms with Crippen LogP contribution in [-0.2, 0) is 16.8 Å². The number of likely N-dealkylation sites (tertiary alicyclic amines) is 1. The van der Waals surface area contributed by atoms with Gasteiger partial charge in [0.1, 0.15) is 0 Å². The highest BCUT2D eigenvalue weighted by molar-refractivity contribution is 7.09. The standard InChI is InChI=1S/C20H22N2OS/c23-19(21-14-17-5-3-13-24-17)15-22-11-9-20(10-12-22)8-7-16-4-1-2-6-18(16)20/h1-8,13H,9-12,14-15H2,(H,21,23). The Bertz CT molecular complexity index is 743. The van der Waals surface area contributed by atoms with E-state index < -0.39 is 0 Å². The van der Waals surface area contributed by atoms with Gasteiger partial charge in [0.05, 0.1) is 13.1 Å². The minimum Gasteiger partial charge on any atom is -0.350 e. The summed E-state index contributed by atoms with van der Waals surface area (Å²) in [6, 6.07) is 12.8. The van der Waals surface area contributed by atoms with Crippen LogP contribution in [0.2, 0.25) is 0 Å². The van der Waals surface area contributed by atoms with E-state index in [-0.39, 0.29) is 11.3 Å². The number of thiophene rings is 1. The first kappa shape index (κ1) is 15.6. The van der Waals surface area contributed by atoms with Crippen molar-refractivity contribution in [1.29, 1.82) is 0 Å². The van der Waals surface area contributed by atoms with E-state index in [0.717, 1.165) is 25.9 Å². The quantitative estimate of drug-likeness (QED) is 0.926. The number of nitrogens with zero attached hydrogens (tertiary/aromatic N) is 1. The molecule has 4 heteroatoms. The first-order valence-corrected chi connectivity index (χ1v) is 9.43. The van der Waals surface area contributed by atoms with Crippen LogP contribution in [-0.4, -0.2) is 30.4 Å². The van der Waals surface area contributed by atoms with E-state index in [0.29, 0.717) is 13.1 Å². The van der Waals surface area contributed by atoms with E-state index >= 15 is 0 Å². The summed E-state index contributed by atoms with van der Waals surface area (Å²) in [5.74, 6) is 0.127. The number of piperidine rings is 1. The second-order valence-electron chi connectivity index (χ2n) is 6.71. The minimum absolute atomic E-state index is 0.127. The number of amides is 1. The van der Waals surface area contributed by atoms with Crippen LogP contribution in [0.15, 0.2) is 47.9 Å². The van der Waals surface area contributed by atoms with Gasteiger partial charge in [-0.3, -0.25) is 9.69 Å². The molecule has 2 heterocycles. The molecule has 1 aromatic carbocycles. The predicted octanol–water partition coefficient (Wildman–Crippen LogP) is 3.42. The van der Waals surface area contributed by atoms with Gasteiger partial charge in [0.2, 0.25) is 5.91 Å². The summed E-state index contributed by atoms with van der Waals surface area (Å²) in [5, 5.41) is 5.07. The molecule has 2 aromatic rings. The van der Waals surface area contributed by atoms with Crippen LogP contribution in [0, 0.1) is 0 Å². The largest absolute Gasteiger partial charge is 0.350 e. The fourth-order valence-corrected chi connectivity index (χ4v) is 4.48. The first-order valence-electron chi connectivity index (χ1n) is 8.55. The van der Waals surface area contributed by atoms with Gasteiger partial charge in [-0.05, 0) is 48.5 Å². The molecule has 4 rings (SSSR count). The normalized spacial score (nSPS) is 18.7. The molecule has 1 aliphatic carbocycles. The molecular formula is C20H22N2OS. The zero-order chi connectivity index (χ0) is 16.4. The number of allylic oxidation sites excluding steroid dienone is 1. The van der Waals surface area contributed by atoms with Crippen LogP contribution in [0.5, 0.6) is 0 Å². The Morgan fingerprint density at radius 3 is 2.79 bits per heavy atom. The van der Waals surface area contributed by atoms with Gasteiger partial charge in [0, 0.05) is 10.3 Å². The summed E-state index contributed by atoms with van der Waals surface area (Å²) >= 11 is 1.68. The Morgan fingerprint density at radius 2 is 2.00 bits per heavy atom. The van der Waals surface area contributed by atoms with Crippen LogP contribution in [0.25, 0.3) is 6.08 Å². The molecule has 0 bridgehead atoms. The minimum atomic E-state index is 0.127. The predicted molar refractivity (Wildman–Crippen MR) is 99.0 cm³/mol. The lowest BCUT2D eigenvalue weighted by molar-refractivity contribution is -0.122. The van der Waals surface area contributed by atoms with Gasteiger partial charge in [-0.15, -0.1) is 11.3 Å². The van der Waals surface area contributed by atoms with Crippen LogP contribution in [0.4, 0.5) is 0 Å². The number of hydrogen-bond acceptors (Lipinski definition) is 3. The fraction of sp³-hybridized carbons (Fsp3) is 0.350. The van der Waals surface area contributed by atoms with Gasteiger partial charge in [-0.25, -0.2) is 0 Å². The lowest BCUT2D eigenvalue weighted by Crippen LogP contribution is -2.45. The van der Waals surface area contributed by atoms with Crippen molar-refractivity contribution in [1.82, 2.24) is 10.2 Å². The number of nitrogens with one attached hydrogen (secondary N) is 1. The monoisotopic (exact) mass is 338 g/mol. The molecule has 1 aromatic heterocycles.